The number of hydrogen-bond donors (Lipinski definition) is 5. The van der Waals surface area contributed by atoms with Gasteiger partial charge in [-0.1, -0.05) is 12.2 Å². The fraction of sp³-hybridized carbons (Fsp3) is 0.722. The minimum atomic E-state index is -1.64. The molecule has 3 aliphatic rings. The lowest BCUT2D eigenvalue weighted by molar-refractivity contribution is -0.347. The third-order valence-electron chi connectivity index (χ3n) is 5.68. The molecule has 2 aliphatic heterocycles. The number of aliphatic hydroxyl groups excluding tert-OH is 5. The van der Waals surface area contributed by atoms with Crippen molar-refractivity contribution >= 4 is 5.97 Å². The Hall–Kier alpha value is -1.57. The van der Waals surface area contributed by atoms with Crippen LogP contribution in [0.3, 0.4) is 0 Å². The number of rotatable bonds is 6. The molecule has 11 heteroatoms. The van der Waals surface area contributed by atoms with Crippen molar-refractivity contribution in [2.24, 2.45) is 11.8 Å². The Kier molecular flexibility index (Phi) is 6.61. The standard InChI is InChI=1S/C18H26O11/c1-25-15(24)9-6-27-16(11-8(9)3-4-18(11,7-20)26-2)29-17-14(23)13(22)12(21)10(5-19)28-17/h3-4,6,8,10-14,16-17,19-23H,5,7H2,1-2H3/t8-,10-,11-,12-,13+,14-,16+,17+,18+/m1/s1. The van der Waals surface area contributed by atoms with Crippen LogP contribution in [0, 0.1) is 11.8 Å². The molecule has 164 valence electrons. The molecular weight excluding hydrogens is 392 g/mol. The molecule has 5 N–H and O–H groups in total. The Morgan fingerprint density at radius 2 is 1.86 bits per heavy atom. The summed E-state index contributed by atoms with van der Waals surface area (Å²) in [6.07, 6.45) is -4.17. The van der Waals surface area contributed by atoms with E-state index in [9.17, 15) is 30.3 Å². The second-order valence-corrected chi connectivity index (χ2v) is 7.13. The summed E-state index contributed by atoms with van der Waals surface area (Å²) in [5.41, 5.74) is -1.06. The van der Waals surface area contributed by atoms with Crippen LogP contribution >= 0.6 is 0 Å². The van der Waals surface area contributed by atoms with E-state index in [1.54, 1.807) is 12.2 Å². The van der Waals surface area contributed by atoms with E-state index in [4.69, 9.17) is 23.7 Å². The average Bonchev–Trinajstić information content (AvgIpc) is 3.14. The molecule has 1 aliphatic carbocycles. The van der Waals surface area contributed by atoms with Crippen molar-refractivity contribution in [3.8, 4) is 0 Å². The third kappa shape index (κ3) is 3.68. The highest BCUT2D eigenvalue weighted by Crippen LogP contribution is 2.47. The summed E-state index contributed by atoms with van der Waals surface area (Å²) in [6, 6.07) is 0. The minimum Gasteiger partial charge on any atom is -0.471 e. The minimum absolute atomic E-state index is 0.190. The van der Waals surface area contributed by atoms with E-state index in [0.29, 0.717) is 0 Å². The third-order valence-corrected chi connectivity index (χ3v) is 5.68. The molecule has 0 radical (unpaired) electrons. The fourth-order valence-corrected chi connectivity index (χ4v) is 3.96. The molecule has 1 saturated heterocycles. The summed E-state index contributed by atoms with van der Waals surface area (Å²) < 4.78 is 26.9. The highest BCUT2D eigenvalue weighted by Gasteiger charge is 2.56. The van der Waals surface area contributed by atoms with Crippen molar-refractivity contribution in [3.05, 3.63) is 24.0 Å². The maximum Gasteiger partial charge on any atom is 0.337 e. The van der Waals surface area contributed by atoms with E-state index in [1.807, 2.05) is 0 Å². The van der Waals surface area contributed by atoms with Gasteiger partial charge in [0.2, 0.25) is 6.29 Å². The monoisotopic (exact) mass is 418 g/mol. The van der Waals surface area contributed by atoms with Gasteiger partial charge in [0.05, 0.1) is 38.1 Å². The zero-order valence-electron chi connectivity index (χ0n) is 16.0. The number of esters is 1. The summed E-state index contributed by atoms with van der Waals surface area (Å²) in [5, 5.41) is 49.4. The summed E-state index contributed by atoms with van der Waals surface area (Å²) in [4.78, 5) is 12.1. The van der Waals surface area contributed by atoms with E-state index in [-0.39, 0.29) is 5.57 Å². The van der Waals surface area contributed by atoms with E-state index < -0.39 is 73.6 Å². The van der Waals surface area contributed by atoms with Crippen molar-refractivity contribution in [3.63, 3.8) is 0 Å². The van der Waals surface area contributed by atoms with Gasteiger partial charge in [-0.05, 0) is 0 Å². The maximum absolute atomic E-state index is 12.1. The molecule has 2 heterocycles. The highest BCUT2D eigenvalue weighted by molar-refractivity contribution is 5.89. The normalized spacial score (nSPS) is 44.0. The molecule has 29 heavy (non-hydrogen) atoms. The van der Waals surface area contributed by atoms with E-state index in [2.05, 4.69) is 0 Å². The Morgan fingerprint density at radius 1 is 1.14 bits per heavy atom. The molecule has 0 amide bonds. The Bertz CT molecular complexity index is 656. The smallest absolute Gasteiger partial charge is 0.337 e. The van der Waals surface area contributed by atoms with Gasteiger partial charge in [-0.15, -0.1) is 0 Å². The first-order valence-electron chi connectivity index (χ1n) is 9.08. The molecular formula is C18H26O11. The lowest BCUT2D eigenvalue weighted by Gasteiger charge is -2.45. The zero-order chi connectivity index (χ0) is 21.3. The molecule has 0 saturated carbocycles. The molecule has 0 aromatic carbocycles. The molecule has 11 nitrogen and oxygen atoms in total. The van der Waals surface area contributed by atoms with E-state index in [1.165, 1.54) is 14.2 Å². The van der Waals surface area contributed by atoms with Gasteiger partial charge in [-0.2, -0.15) is 0 Å². The van der Waals surface area contributed by atoms with Crippen molar-refractivity contribution in [2.45, 2.75) is 42.6 Å². The number of aliphatic hydroxyl groups is 5. The van der Waals surface area contributed by atoms with Crippen LogP contribution in [0.1, 0.15) is 0 Å². The van der Waals surface area contributed by atoms with Gasteiger partial charge in [0.1, 0.15) is 30.0 Å². The van der Waals surface area contributed by atoms with Gasteiger partial charge in [-0.3, -0.25) is 0 Å². The van der Waals surface area contributed by atoms with Crippen molar-refractivity contribution in [2.75, 3.05) is 27.4 Å². The molecule has 0 unspecified atom stereocenters. The summed E-state index contributed by atoms with van der Waals surface area (Å²) in [6.45, 7) is -1.07. The molecule has 0 bridgehead atoms. The molecule has 1 fully saturated rings. The lowest BCUT2D eigenvalue weighted by Crippen LogP contribution is -2.61. The molecule has 0 spiro atoms. The molecule has 0 aromatic heterocycles. The lowest BCUT2D eigenvalue weighted by atomic mass is 9.79. The topological polar surface area (TPSA) is 164 Å². The number of carbonyl (C=O) groups excluding carboxylic acids is 1. The first kappa shape index (κ1) is 22.1. The van der Waals surface area contributed by atoms with Gasteiger partial charge < -0.3 is 49.2 Å². The number of allylic oxidation sites excluding steroid dienone is 1. The van der Waals surface area contributed by atoms with Gasteiger partial charge in [0, 0.05) is 13.0 Å². The van der Waals surface area contributed by atoms with Gasteiger partial charge in [0.25, 0.3) is 0 Å². The van der Waals surface area contributed by atoms with Crippen LogP contribution in [0.5, 0.6) is 0 Å². The quantitative estimate of drug-likeness (QED) is 0.227. The van der Waals surface area contributed by atoms with Crippen LogP contribution in [0.2, 0.25) is 0 Å². The molecule has 3 rings (SSSR count). The highest BCUT2D eigenvalue weighted by atomic mass is 16.8. The van der Waals surface area contributed by atoms with E-state index >= 15 is 0 Å². The van der Waals surface area contributed by atoms with Crippen molar-refractivity contribution < 1.29 is 54.0 Å². The number of ether oxygens (including phenoxy) is 5. The Labute approximate surface area is 166 Å². The average molecular weight is 418 g/mol. The van der Waals surface area contributed by atoms with E-state index in [0.717, 1.165) is 6.26 Å². The predicted octanol–water partition coefficient (Wildman–Crippen LogP) is -2.60. The number of methoxy groups -OCH3 is 2. The first-order valence-corrected chi connectivity index (χ1v) is 9.08. The first-order chi connectivity index (χ1) is 13.8. The summed E-state index contributed by atoms with van der Waals surface area (Å²) in [7, 11) is 2.60. The second kappa shape index (κ2) is 8.66. The van der Waals surface area contributed by atoms with Crippen LogP contribution in [0.4, 0.5) is 0 Å². The molecule has 0 aromatic rings. The Morgan fingerprint density at radius 3 is 2.45 bits per heavy atom. The second-order valence-electron chi connectivity index (χ2n) is 7.13. The number of carbonyl (C=O) groups is 1. The predicted molar refractivity (Wildman–Crippen MR) is 92.8 cm³/mol. The van der Waals surface area contributed by atoms with Crippen LogP contribution in [0.25, 0.3) is 0 Å². The van der Waals surface area contributed by atoms with Crippen LogP contribution in [-0.2, 0) is 28.5 Å². The zero-order valence-corrected chi connectivity index (χ0v) is 16.0. The van der Waals surface area contributed by atoms with Gasteiger partial charge in [-0.25, -0.2) is 4.79 Å². The summed E-state index contributed by atoms with van der Waals surface area (Å²) in [5.74, 6) is -1.97. The number of hydrogen-bond acceptors (Lipinski definition) is 11. The van der Waals surface area contributed by atoms with Crippen molar-refractivity contribution in [1.82, 2.24) is 0 Å². The van der Waals surface area contributed by atoms with Crippen LogP contribution in [-0.4, -0.2) is 102 Å². The maximum atomic E-state index is 12.1. The largest absolute Gasteiger partial charge is 0.471 e. The van der Waals surface area contributed by atoms with Crippen LogP contribution < -0.4 is 0 Å². The van der Waals surface area contributed by atoms with Gasteiger partial charge >= 0.3 is 5.97 Å². The van der Waals surface area contributed by atoms with Gasteiger partial charge in [0.15, 0.2) is 6.29 Å². The van der Waals surface area contributed by atoms with Crippen molar-refractivity contribution in [1.29, 1.82) is 0 Å². The summed E-state index contributed by atoms with van der Waals surface area (Å²) >= 11 is 0. The Balaban J connectivity index is 1.88. The van der Waals surface area contributed by atoms with Crippen LogP contribution in [0.15, 0.2) is 24.0 Å². The SMILES string of the molecule is COC(=O)C1=CO[C@@H](O[C@@H]2O[C@H](CO)[C@@H](O)[C@H](O)[C@H]2O)[C@H]2[C@@H]1C=C[C@@]2(CO)OC. The number of fused-ring (bicyclic) bond motifs is 1. The molecule has 9 atom stereocenters. The fourth-order valence-electron chi connectivity index (χ4n) is 3.96.